The molecule has 0 unspecified atom stereocenters. The lowest BCUT2D eigenvalue weighted by Gasteiger charge is -2.15. The van der Waals surface area contributed by atoms with E-state index in [-0.39, 0.29) is 0 Å². The lowest BCUT2D eigenvalue weighted by atomic mass is 9.99. The average molecular weight is 304 g/mol. The fourth-order valence-electron chi connectivity index (χ4n) is 2.32. The molecule has 0 aromatic heterocycles. The molecule has 0 aliphatic heterocycles. The summed E-state index contributed by atoms with van der Waals surface area (Å²) in [4.78, 5) is 23.6. The third kappa shape index (κ3) is 6.29. The van der Waals surface area contributed by atoms with Crippen LogP contribution in [0.15, 0.2) is 24.3 Å². The van der Waals surface area contributed by atoms with Crippen LogP contribution in [0.25, 0.3) is 0 Å². The van der Waals surface area contributed by atoms with Crippen molar-refractivity contribution < 1.29 is 9.59 Å². The molecule has 2 amide bonds. The van der Waals surface area contributed by atoms with E-state index in [9.17, 15) is 9.59 Å². The highest BCUT2D eigenvalue weighted by molar-refractivity contribution is 6.35. The molecule has 0 heterocycles. The second-order valence-corrected chi connectivity index (χ2v) is 5.74. The number of carbonyl (C=O) groups is 2. The number of amides is 2. The summed E-state index contributed by atoms with van der Waals surface area (Å²) in [6.07, 6.45) is 4.43. The molecule has 0 fully saturated rings. The van der Waals surface area contributed by atoms with Crippen molar-refractivity contribution in [3.05, 3.63) is 35.4 Å². The molecule has 4 heteroatoms. The normalized spacial score (nSPS) is 11.8. The van der Waals surface area contributed by atoms with Crippen molar-refractivity contribution in [3.8, 4) is 0 Å². The molecule has 1 aromatic carbocycles. The SMILES string of the molecule is CCCC[C@H](CC)CNC(=O)C(=O)NCc1ccccc1C. The minimum atomic E-state index is -0.561. The summed E-state index contributed by atoms with van der Waals surface area (Å²) in [6.45, 7) is 7.22. The van der Waals surface area contributed by atoms with Crippen molar-refractivity contribution in [2.75, 3.05) is 6.54 Å². The van der Waals surface area contributed by atoms with Crippen LogP contribution in [0.4, 0.5) is 0 Å². The van der Waals surface area contributed by atoms with E-state index in [0.29, 0.717) is 19.0 Å². The molecule has 4 nitrogen and oxygen atoms in total. The minimum Gasteiger partial charge on any atom is -0.348 e. The van der Waals surface area contributed by atoms with Gasteiger partial charge in [-0.2, -0.15) is 0 Å². The van der Waals surface area contributed by atoms with Crippen LogP contribution in [-0.4, -0.2) is 18.4 Å². The minimum absolute atomic E-state index is 0.381. The zero-order valence-corrected chi connectivity index (χ0v) is 13.9. The third-order valence-corrected chi connectivity index (χ3v) is 4.00. The van der Waals surface area contributed by atoms with Crippen LogP contribution in [0.5, 0.6) is 0 Å². The van der Waals surface area contributed by atoms with Crippen molar-refractivity contribution >= 4 is 11.8 Å². The van der Waals surface area contributed by atoms with Crippen LogP contribution in [-0.2, 0) is 16.1 Å². The summed E-state index contributed by atoms with van der Waals surface area (Å²) in [6, 6.07) is 7.81. The van der Waals surface area contributed by atoms with E-state index in [4.69, 9.17) is 0 Å². The van der Waals surface area contributed by atoms with E-state index in [2.05, 4.69) is 24.5 Å². The van der Waals surface area contributed by atoms with Crippen LogP contribution in [0, 0.1) is 12.8 Å². The van der Waals surface area contributed by atoms with E-state index >= 15 is 0 Å². The molecule has 0 saturated heterocycles. The molecular formula is C18H28N2O2. The smallest absolute Gasteiger partial charge is 0.309 e. The van der Waals surface area contributed by atoms with Gasteiger partial charge in [-0.15, -0.1) is 0 Å². The Morgan fingerprint density at radius 2 is 1.77 bits per heavy atom. The van der Waals surface area contributed by atoms with Gasteiger partial charge in [0.25, 0.3) is 0 Å². The van der Waals surface area contributed by atoms with Gasteiger partial charge in [0.05, 0.1) is 0 Å². The Morgan fingerprint density at radius 3 is 2.41 bits per heavy atom. The molecule has 1 atom stereocenters. The van der Waals surface area contributed by atoms with Crippen molar-refractivity contribution in [1.29, 1.82) is 0 Å². The van der Waals surface area contributed by atoms with Gasteiger partial charge in [-0.05, 0) is 30.4 Å². The highest BCUT2D eigenvalue weighted by atomic mass is 16.2. The van der Waals surface area contributed by atoms with Crippen molar-refractivity contribution in [2.24, 2.45) is 5.92 Å². The highest BCUT2D eigenvalue weighted by Gasteiger charge is 2.15. The van der Waals surface area contributed by atoms with Gasteiger partial charge in [0.15, 0.2) is 0 Å². The van der Waals surface area contributed by atoms with Crippen molar-refractivity contribution in [2.45, 2.75) is 53.0 Å². The summed E-state index contributed by atoms with van der Waals surface area (Å²) in [7, 11) is 0. The monoisotopic (exact) mass is 304 g/mol. The molecule has 0 spiro atoms. The average Bonchev–Trinajstić information content (AvgIpc) is 2.53. The molecule has 1 aromatic rings. The Bertz CT molecular complexity index is 486. The Kier molecular flexibility index (Phi) is 8.26. The first kappa shape index (κ1) is 18.2. The fraction of sp³-hybridized carbons (Fsp3) is 0.556. The number of aryl methyl sites for hydroxylation is 1. The number of unbranched alkanes of at least 4 members (excludes halogenated alkanes) is 1. The summed E-state index contributed by atoms with van der Waals surface area (Å²) >= 11 is 0. The first-order valence-corrected chi connectivity index (χ1v) is 8.19. The molecule has 0 radical (unpaired) electrons. The molecule has 0 bridgehead atoms. The van der Waals surface area contributed by atoms with Gasteiger partial charge < -0.3 is 10.6 Å². The molecule has 1 rings (SSSR count). The largest absolute Gasteiger partial charge is 0.348 e. The number of rotatable bonds is 8. The zero-order valence-electron chi connectivity index (χ0n) is 13.9. The lowest BCUT2D eigenvalue weighted by molar-refractivity contribution is -0.139. The van der Waals surface area contributed by atoms with E-state index in [1.807, 2.05) is 31.2 Å². The maximum Gasteiger partial charge on any atom is 0.309 e. The molecule has 2 N–H and O–H groups in total. The number of hydrogen-bond donors (Lipinski definition) is 2. The van der Waals surface area contributed by atoms with Crippen LogP contribution >= 0.6 is 0 Å². The highest BCUT2D eigenvalue weighted by Crippen LogP contribution is 2.11. The van der Waals surface area contributed by atoms with Gasteiger partial charge in [-0.25, -0.2) is 0 Å². The number of nitrogens with one attached hydrogen (secondary N) is 2. The van der Waals surface area contributed by atoms with Gasteiger partial charge in [0.1, 0.15) is 0 Å². The van der Waals surface area contributed by atoms with Crippen LogP contribution in [0.2, 0.25) is 0 Å². The van der Waals surface area contributed by atoms with E-state index in [1.54, 1.807) is 0 Å². The standard InChI is InChI=1S/C18H28N2O2/c1-4-6-10-15(5-2)12-19-17(21)18(22)20-13-16-11-8-7-9-14(16)3/h7-9,11,15H,4-6,10,12-13H2,1-3H3,(H,19,21)(H,20,22)/t15-/m0/s1. The Balaban J connectivity index is 2.36. The Morgan fingerprint density at radius 1 is 1.09 bits per heavy atom. The van der Waals surface area contributed by atoms with Crippen molar-refractivity contribution in [1.82, 2.24) is 10.6 Å². The Hall–Kier alpha value is -1.84. The third-order valence-electron chi connectivity index (χ3n) is 4.00. The molecule has 22 heavy (non-hydrogen) atoms. The van der Waals surface area contributed by atoms with Gasteiger partial charge in [0.2, 0.25) is 0 Å². The summed E-state index contributed by atoms with van der Waals surface area (Å²) in [5, 5.41) is 5.42. The van der Waals surface area contributed by atoms with Gasteiger partial charge in [0, 0.05) is 13.1 Å². The van der Waals surface area contributed by atoms with Gasteiger partial charge >= 0.3 is 11.8 Å². The second-order valence-electron chi connectivity index (χ2n) is 5.74. The summed E-state index contributed by atoms with van der Waals surface area (Å²) in [5.41, 5.74) is 2.13. The Labute approximate surface area is 133 Å². The molecule has 0 aliphatic carbocycles. The number of carbonyl (C=O) groups excluding carboxylic acids is 2. The predicted molar refractivity (Wildman–Crippen MR) is 89.3 cm³/mol. The first-order chi connectivity index (χ1) is 10.6. The lowest BCUT2D eigenvalue weighted by Crippen LogP contribution is -2.41. The molecule has 0 saturated carbocycles. The molecular weight excluding hydrogens is 276 g/mol. The van der Waals surface area contributed by atoms with Gasteiger partial charge in [-0.1, -0.05) is 57.4 Å². The van der Waals surface area contributed by atoms with E-state index in [1.165, 1.54) is 0 Å². The molecule has 122 valence electrons. The summed E-state index contributed by atoms with van der Waals surface area (Å²) < 4.78 is 0. The maximum atomic E-state index is 11.8. The quantitative estimate of drug-likeness (QED) is 0.725. The summed E-state index contributed by atoms with van der Waals surface area (Å²) in [5.74, 6) is -0.648. The van der Waals surface area contributed by atoms with Gasteiger partial charge in [-0.3, -0.25) is 9.59 Å². The maximum absolute atomic E-state index is 11.8. The second kappa shape index (κ2) is 9.98. The van der Waals surface area contributed by atoms with E-state index in [0.717, 1.165) is 36.8 Å². The molecule has 0 aliphatic rings. The van der Waals surface area contributed by atoms with Crippen molar-refractivity contribution in [3.63, 3.8) is 0 Å². The predicted octanol–water partition coefficient (Wildman–Crippen LogP) is 2.94. The van der Waals surface area contributed by atoms with Crippen LogP contribution in [0.3, 0.4) is 0 Å². The first-order valence-electron chi connectivity index (χ1n) is 8.19. The van der Waals surface area contributed by atoms with E-state index < -0.39 is 11.8 Å². The van der Waals surface area contributed by atoms with Crippen LogP contribution < -0.4 is 10.6 Å². The topological polar surface area (TPSA) is 58.2 Å². The zero-order chi connectivity index (χ0) is 16.4. The number of benzene rings is 1. The van der Waals surface area contributed by atoms with Crippen LogP contribution in [0.1, 0.15) is 50.7 Å². The number of hydrogen-bond acceptors (Lipinski definition) is 2. The fourth-order valence-corrected chi connectivity index (χ4v) is 2.32.